The van der Waals surface area contributed by atoms with Crippen molar-refractivity contribution >= 4 is 21.7 Å². The van der Waals surface area contributed by atoms with E-state index in [9.17, 15) is 17.6 Å². The third kappa shape index (κ3) is 4.27. The van der Waals surface area contributed by atoms with E-state index in [1.165, 1.54) is 36.4 Å². The lowest BCUT2D eigenvalue weighted by Gasteiger charge is -2.10. The van der Waals surface area contributed by atoms with Gasteiger partial charge in [-0.15, -0.1) is 4.83 Å². The van der Waals surface area contributed by atoms with Crippen LogP contribution in [-0.2, 0) is 10.0 Å². The van der Waals surface area contributed by atoms with E-state index in [1.807, 2.05) is 17.2 Å². The summed E-state index contributed by atoms with van der Waals surface area (Å²) in [5.41, 5.74) is 3.26. The van der Waals surface area contributed by atoms with Crippen LogP contribution in [-0.4, -0.2) is 14.4 Å². The Morgan fingerprint density at radius 3 is 2.18 bits per heavy atom. The van der Waals surface area contributed by atoms with Gasteiger partial charge >= 0.3 is 6.03 Å². The molecule has 2 rings (SSSR count). The van der Waals surface area contributed by atoms with Gasteiger partial charge < -0.3 is 5.32 Å². The topological polar surface area (TPSA) is 87.3 Å². The lowest BCUT2D eigenvalue weighted by atomic mass is 10.2. The molecule has 8 heteroatoms. The fraction of sp³-hybridized carbons (Fsp3) is 0.0714. The van der Waals surface area contributed by atoms with Crippen molar-refractivity contribution in [2.75, 3.05) is 5.32 Å². The summed E-state index contributed by atoms with van der Waals surface area (Å²) in [4.78, 5) is 13.6. The van der Waals surface area contributed by atoms with Gasteiger partial charge in [0.25, 0.3) is 10.0 Å². The lowest BCUT2D eigenvalue weighted by molar-refractivity contribution is 0.250. The molecular weight excluding hydrogens is 309 g/mol. The number of hydrogen-bond acceptors (Lipinski definition) is 3. The van der Waals surface area contributed by atoms with Gasteiger partial charge in [0.05, 0.1) is 4.90 Å². The first-order valence-corrected chi connectivity index (χ1v) is 7.76. The highest BCUT2D eigenvalue weighted by Gasteiger charge is 2.14. The Balaban J connectivity index is 1.95. The molecule has 0 spiro atoms. The Morgan fingerprint density at radius 2 is 1.59 bits per heavy atom. The maximum absolute atomic E-state index is 12.7. The normalized spacial score (nSPS) is 11.0. The van der Waals surface area contributed by atoms with Crippen LogP contribution in [0.4, 0.5) is 14.9 Å². The molecule has 0 radical (unpaired) electrons. The van der Waals surface area contributed by atoms with Crippen molar-refractivity contribution in [3.63, 3.8) is 0 Å². The molecule has 0 fully saturated rings. The zero-order valence-corrected chi connectivity index (χ0v) is 12.4. The average molecular weight is 323 g/mol. The summed E-state index contributed by atoms with van der Waals surface area (Å²) in [6, 6.07) is 10.4. The largest absolute Gasteiger partial charge is 0.334 e. The van der Waals surface area contributed by atoms with Crippen molar-refractivity contribution in [2.24, 2.45) is 0 Å². The van der Waals surface area contributed by atoms with Crippen LogP contribution in [0.15, 0.2) is 53.4 Å². The second-order valence-corrected chi connectivity index (χ2v) is 6.19. The summed E-state index contributed by atoms with van der Waals surface area (Å²) < 4.78 is 36.6. The monoisotopic (exact) mass is 323 g/mol. The minimum absolute atomic E-state index is 0.0279. The Morgan fingerprint density at radius 1 is 1.00 bits per heavy atom. The summed E-state index contributed by atoms with van der Waals surface area (Å²) in [7, 11) is -3.85. The number of urea groups is 1. The number of hydrogen-bond donors (Lipinski definition) is 3. The van der Waals surface area contributed by atoms with Crippen molar-refractivity contribution < 1.29 is 17.6 Å². The van der Waals surface area contributed by atoms with E-state index in [-0.39, 0.29) is 4.90 Å². The van der Waals surface area contributed by atoms with Gasteiger partial charge in [-0.05, 0) is 43.3 Å². The van der Waals surface area contributed by atoms with Crippen molar-refractivity contribution in [3.05, 3.63) is 59.9 Å². The van der Waals surface area contributed by atoms with E-state index < -0.39 is 21.9 Å². The Bertz CT molecular complexity index is 759. The van der Waals surface area contributed by atoms with E-state index in [0.29, 0.717) is 5.69 Å². The zero-order chi connectivity index (χ0) is 16.2. The Labute approximate surface area is 127 Å². The molecule has 0 bridgehead atoms. The van der Waals surface area contributed by atoms with Gasteiger partial charge in [-0.3, -0.25) is 5.43 Å². The number of rotatable bonds is 4. The minimum Gasteiger partial charge on any atom is -0.307 e. The number of sulfonamides is 1. The van der Waals surface area contributed by atoms with Crippen molar-refractivity contribution in [3.8, 4) is 0 Å². The summed E-state index contributed by atoms with van der Waals surface area (Å²) in [5, 5.41) is 2.36. The fourth-order valence-electron chi connectivity index (χ4n) is 1.59. The van der Waals surface area contributed by atoms with Crippen LogP contribution in [0.1, 0.15) is 5.56 Å². The Hall–Kier alpha value is -2.45. The standard InChI is InChI=1S/C14H14FN3O3S/c1-10-2-8-13(9-3-10)22(20,21)18-17-14(19)16-12-6-4-11(15)5-7-12/h2-9,18H,1H3,(H2,16,17,19). The predicted octanol–water partition coefficient (Wildman–Crippen LogP) is 2.15. The second-order valence-electron chi connectivity index (χ2n) is 4.50. The van der Waals surface area contributed by atoms with E-state index >= 15 is 0 Å². The van der Waals surface area contributed by atoms with Crippen molar-refractivity contribution in [1.82, 2.24) is 10.3 Å². The van der Waals surface area contributed by atoms with Gasteiger partial charge in [-0.2, -0.15) is 0 Å². The third-order valence-electron chi connectivity index (χ3n) is 2.73. The van der Waals surface area contributed by atoms with Gasteiger partial charge in [0.15, 0.2) is 0 Å². The van der Waals surface area contributed by atoms with Gasteiger partial charge in [0, 0.05) is 5.69 Å². The van der Waals surface area contributed by atoms with Crippen molar-refractivity contribution in [2.45, 2.75) is 11.8 Å². The fourth-order valence-corrected chi connectivity index (χ4v) is 2.42. The second kappa shape index (κ2) is 6.54. The molecule has 2 amide bonds. The summed E-state index contributed by atoms with van der Waals surface area (Å²) in [6.07, 6.45) is 0. The summed E-state index contributed by atoms with van der Waals surface area (Å²) in [5.74, 6) is -0.439. The van der Waals surface area contributed by atoms with Crippen LogP contribution in [0.25, 0.3) is 0 Å². The molecule has 22 heavy (non-hydrogen) atoms. The van der Waals surface area contributed by atoms with E-state index in [2.05, 4.69) is 5.32 Å². The molecule has 0 aromatic heterocycles. The molecule has 0 aliphatic carbocycles. The highest BCUT2D eigenvalue weighted by atomic mass is 32.2. The molecule has 2 aromatic carbocycles. The molecule has 0 atom stereocenters. The first-order chi connectivity index (χ1) is 10.4. The number of nitrogens with one attached hydrogen (secondary N) is 3. The number of carbonyl (C=O) groups excluding carboxylic acids is 1. The molecule has 6 nitrogen and oxygen atoms in total. The summed E-state index contributed by atoms with van der Waals surface area (Å²) >= 11 is 0. The minimum atomic E-state index is -3.85. The zero-order valence-electron chi connectivity index (χ0n) is 11.6. The number of benzene rings is 2. The van der Waals surface area contributed by atoms with E-state index in [4.69, 9.17) is 0 Å². The van der Waals surface area contributed by atoms with Gasteiger partial charge in [0.1, 0.15) is 5.82 Å². The number of aryl methyl sites for hydroxylation is 1. The molecule has 0 unspecified atom stereocenters. The first kappa shape index (κ1) is 15.9. The number of halogens is 1. The van der Waals surface area contributed by atoms with Crippen LogP contribution >= 0.6 is 0 Å². The Kier molecular flexibility index (Phi) is 4.74. The quantitative estimate of drug-likeness (QED) is 0.753. The van der Waals surface area contributed by atoms with E-state index in [1.54, 1.807) is 12.1 Å². The maximum atomic E-state index is 12.7. The molecule has 0 saturated heterocycles. The summed E-state index contributed by atoms with van der Waals surface area (Å²) in [6.45, 7) is 1.83. The maximum Gasteiger partial charge on any atom is 0.334 e. The van der Waals surface area contributed by atoms with Crippen LogP contribution in [0.2, 0.25) is 0 Å². The number of amides is 2. The number of anilines is 1. The number of hydrazine groups is 1. The highest BCUT2D eigenvalue weighted by Crippen LogP contribution is 2.10. The third-order valence-corrected chi connectivity index (χ3v) is 4.00. The molecular formula is C14H14FN3O3S. The van der Waals surface area contributed by atoms with Crippen LogP contribution in [0.3, 0.4) is 0 Å². The lowest BCUT2D eigenvalue weighted by Crippen LogP contribution is -2.43. The van der Waals surface area contributed by atoms with Gasteiger partial charge in [0.2, 0.25) is 0 Å². The first-order valence-electron chi connectivity index (χ1n) is 6.28. The SMILES string of the molecule is Cc1ccc(S(=O)(=O)NNC(=O)Nc2ccc(F)cc2)cc1. The van der Waals surface area contributed by atoms with Gasteiger partial charge in [-0.1, -0.05) is 17.7 Å². The molecule has 3 N–H and O–H groups in total. The van der Waals surface area contributed by atoms with E-state index in [0.717, 1.165) is 5.56 Å². The molecule has 0 saturated carbocycles. The molecule has 2 aromatic rings. The van der Waals surface area contributed by atoms with Crippen molar-refractivity contribution in [1.29, 1.82) is 0 Å². The molecule has 116 valence electrons. The average Bonchev–Trinajstić information content (AvgIpc) is 2.48. The van der Waals surface area contributed by atoms with Crippen LogP contribution < -0.4 is 15.6 Å². The molecule has 0 heterocycles. The molecule has 0 aliphatic rings. The molecule has 0 aliphatic heterocycles. The highest BCUT2D eigenvalue weighted by molar-refractivity contribution is 7.89. The predicted molar refractivity (Wildman–Crippen MR) is 80.1 cm³/mol. The smallest absolute Gasteiger partial charge is 0.307 e. The van der Waals surface area contributed by atoms with Gasteiger partial charge in [-0.25, -0.2) is 17.6 Å². The van der Waals surface area contributed by atoms with Crippen LogP contribution in [0.5, 0.6) is 0 Å². The number of carbonyl (C=O) groups is 1. The van der Waals surface area contributed by atoms with Crippen LogP contribution in [0, 0.1) is 12.7 Å².